The minimum atomic E-state index is -2.86. The molecule has 0 amide bonds. The molecular weight excluding hydrogens is 228 g/mol. The molecule has 2 rings (SSSR count). The number of benzene rings is 1. The van der Waals surface area contributed by atoms with Crippen molar-refractivity contribution in [2.45, 2.75) is 6.61 Å². The molecule has 0 aliphatic rings. The van der Waals surface area contributed by atoms with Crippen molar-refractivity contribution in [3.63, 3.8) is 0 Å². The van der Waals surface area contributed by atoms with Gasteiger partial charge in [-0.25, -0.2) is 0 Å². The molecule has 1 aromatic carbocycles. The van der Waals surface area contributed by atoms with Crippen LogP contribution in [0.15, 0.2) is 42.6 Å². The van der Waals surface area contributed by atoms with Crippen LogP contribution < -0.4 is 4.74 Å². The van der Waals surface area contributed by atoms with E-state index < -0.39 is 6.61 Å². The van der Waals surface area contributed by atoms with Crippen LogP contribution in [0.5, 0.6) is 5.75 Å². The van der Waals surface area contributed by atoms with Crippen molar-refractivity contribution in [2.75, 3.05) is 0 Å². The lowest BCUT2D eigenvalue weighted by atomic mass is 10.1. The summed E-state index contributed by atoms with van der Waals surface area (Å²) in [6, 6.07) is 8.92. The number of hydrogen-bond acceptors (Lipinski definition) is 2. The van der Waals surface area contributed by atoms with Gasteiger partial charge in [-0.15, -0.1) is 0 Å². The third-order valence-corrected chi connectivity index (χ3v) is 2.18. The molecule has 0 saturated heterocycles. The van der Waals surface area contributed by atoms with Crippen LogP contribution in [0.4, 0.5) is 8.78 Å². The Morgan fingerprint density at radius 2 is 1.88 bits per heavy atom. The first kappa shape index (κ1) is 11.3. The van der Waals surface area contributed by atoms with Crippen LogP contribution in [0.3, 0.4) is 0 Å². The predicted molar refractivity (Wildman–Crippen MR) is 57.3 cm³/mol. The van der Waals surface area contributed by atoms with Crippen molar-refractivity contribution in [1.82, 2.24) is 4.98 Å². The zero-order valence-electron chi connectivity index (χ0n) is 8.69. The lowest BCUT2D eigenvalue weighted by Crippen LogP contribution is -2.04. The van der Waals surface area contributed by atoms with Crippen molar-refractivity contribution < 1.29 is 18.3 Å². The fourth-order valence-corrected chi connectivity index (χ4v) is 1.41. The lowest BCUT2D eigenvalue weighted by Gasteiger charge is -2.04. The Morgan fingerprint density at radius 1 is 1.18 bits per heavy atom. The van der Waals surface area contributed by atoms with Crippen molar-refractivity contribution in [3.05, 3.63) is 53.9 Å². The Hall–Kier alpha value is -2.17. The second-order valence-corrected chi connectivity index (χ2v) is 3.32. The molecule has 0 unspecified atom stereocenters. The van der Waals surface area contributed by atoms with E-state index in [2.05, 4.69) is 9.72 Å². The maximum atomic E-state index is 11.9. The molecule has 1 heterocycles. The average molecular weight is 237 g/mol. The highest BCUT2D eigenvalue weighted by molar-refractivity contribution is 6.07. The smallest absolute Gasteiger partial charge is 0.387 e. The molecule has 2 aromatic rings. The summed E-state index contributed by atoms with van der Waals surface area (Å²) >= 11 is 0. The SMILES string of the molecule is O=C(c1ccc(OC(F)F)cc1)c1ccc[nH]1. The third-order valence-electron chi connectivity index (χ3n) is 2.18. The van der Waals surface area contributed by atoms with E-state index in [0.717, 1.165) is 0 Å². The first-order valence-electron chi connectivity index (χ1n) is 4.90. The Labute approximate surface area is 96.0 Å². The Kier molecular flexibility index (Phi) is 3.18. The lowest BCUT2D eigenvalue weighted by molar-refractivity contribution is -0.0498. The average Bonchev–Trinajstić information content (AvgIpc) is 2.82. The molecule has 0 atom stereocenters. The number of aromatic nitrogens is 1. The number of alkyl halides is 2. The van der Waals surface area contributed by atoms with Crippen molar-refractivity contribution >= 4 is 5.78 Å². The summed E-state index contributed by atoms with van der Waals surface area (Å²) < 4.78 is 28.0. The van der Waals surface area contributed by atoms with Gasteiger partial charge in [0.05, 0.1) is 5.69 Å². The topological polar surface area (TPSA) is 42.1 Å². The highest BCUT2D eigenvalue weighted by Crippen LogP contribution is 2.16. The third kappa shape index (κ3) is 2.69. The van der Waals surface area contributed by atoms with Crippen LogP contribution in [0.25, 0.3) is 0 Å². The van der Waals surface area contributed by atoms with Gasteiger partial charge in [-0.05, 0) is 36.4 Å². The van der Waals surface area contributed by atoms with E-state index in [1.54, 1.807) is 18.3 Å². The molecule has 0 saturated carbocycles. The minimum Gasteiger partial charge on any atom is -0.435 e. The van der Waals surface area contributed by atoms with Gasteiger partial charge in [0, 0.05) is 11.8 Å². The highest BCUT2D eigenvalue weighted by atomic mass is 19.3. The van der Waals surface area contributed by atoms with E-state index in [1.807, 2.05) is 0 Å². The van der Waals surface area contributed by atoms with Crippen LogP contribution in [-0.2, 0) is 0 Å². The molecule has 0 aliphatic carbocycles. The summed E-state index contributed by atoms with van der Waals surface area (Å²) in [7, 11) is 0. The number of aromatic amines is 1. The molecule has 1 aromatic heterocycles. The molecule has 0 spiro atoms. The fourth-order valence-electron chi connectivity index (χ4n) is 1.41. The number of carbonyl (C=O) groups is 1. The van der Waals surface area contributed by atoms with Gasteiger partial charge in [0.25, 0.3) is 0 Å². The molecule has 3 nitrogen and oxygen atoms in total. The van der Waals surface area contributed by atoms with Gasteiger partial charge in [0.15, 0.2) is 0 Å². The molecular formula is C12H9F2NO2. The molecule has 1 N–H and O–H groups in total. The van der Waals surface area contributed by atoms with E-state index in [-0.39, 0.29) is 11.5 Å². The number of hydrogen-bond donors (Lipinski definition) is 1. The van der Waals surface area contributed by atoms with E-state index in [4.69, 9.17) is 0 Å². The number of ether oxygens (including phenoxy) is 1. The molecule has 0 aliphatic heterocycles. The van der Waals surface area contributed by atoms with Crippen LogP contribution in [0.2, 0.25) is 0 Å². The number of carbonyl (C=O) groups excluding carboxylic acids is 1. The quantitative estimate of drug-likeness (QED) is 0.831. The molecule has 5 heteroatoms. The first-order chi connectivity index (χ1) is 8.16. The second kappa shape index (κ2) is 4.78. The summed E-state index contributed by atoms with van der Waals surface area (Å²) in [5, 5.41) is 0. The van der Waals surface area contributed by atoms with Gasteiger partial charge in [-0.2, -0.15) is 8.78 Å². The van der Waals surface area contributed by atoms with Crippen LogP contribution in [-0.4, -0.2) is 17.4 Å². The fraction of sp³-hybridized carbons (Fsp3) is 0.0833. The minimum absolute atomic E-state index is 0.0306. The number of halogens is 2. The van der Waals surface area contributed by atoms with E-state index >= 15 is 0 Å². The van der Waals surface area contributed by atoms with Crippen molar-refractivity contribution in [2.24, 2.45) is 0 Å². The van der Waals surface area contributed by atoms with Crippen molar-refractivity contribution in [3.8, 4) is 5.75 Å². The van der Waals surface area contributed by atoms with Gasteiger partial charge < -0.3 is 9.72 Å². The Bertz CT molecular complexity index is 492. The summed E-state index contributed by atoms with van der Waals surface area (Å²) in [6.07, 6.45) is 1.64. The molecule has 0 fully saturated rings. The summed E-state index contributed by atoms with van der Waals surface area (Å²) in [4.78, 5) is 14.6. The Morgan fingerprint density at radius 3 is 2.41 bits per heavy atom. The number of ketones is 1. The number of H-pyrrole nitrogens is 1. The van der Waals surface area contributed by atoms with Crippen LogP contribution >= 0.6 is 0 Å². The molecule has 17 heavy (non-hydrogen) atoms. The monoisotopic (exact) mass is 237 g/mol. The first-order valence-corrected chi connectivity index (χ1v) is 4.90. The highest BCUT2D eigenvalue weighted by Gasteiger charge is 2.10. The van der Waals surface area contributed by atoms with Crippen LogP contribution in [0.1, 0.15) is 16.1 Å². The zero-order chi connectivity index (χ0) is 12.3. The summed E-state index contributed by atoms with van der Waals surface area (Å²) in [5.74, 6) is -0.165. The number of nitrogens with one attached hydrogen (secondary N) is 1. The standard InChI is InChI=1S/C12H9F2NO2/c13-12(14)17-9-5-3-8(4-6-9)11(16)10-2-1-7-15-10/h1-7,12,15H. The van der Waals surface area contributed by atoms with Gasteiger partial charge in [0.2, 0.25) is 5.78 Å². The van der Waals surface area contributed by atoms with Crippen molar-refractivity contribution in [1.29, 1.82) is 0 Å². The maximum absolute atomic E-state index is 11.9. The van der Waals surface area contributed by atoms with Gasteiger partial charge >= 0.3 is 6.61 Å². The van der Waals surface area contributed by atoms with E-state index in [9.17, 15) is 13.6 Å². The largest absolute Gasteiger partial charge is 0.435 e. The van der Waals surface area contributed by atoms with E-state index in [0.29, 0.717) is 11.3 Å². The number of rotatable bonds is 4. The van der Waals surface area contributed by atoms with Gasteiger partial charge in [0.1, 0.15) is 5.75 Å². The summed E-state index contributed by atoms with van der Waals surface area (Å²) in [6.45, 7) is -2.86. The normalized spacial score (nSPS) is 10.5. The van der Waals surface area contributed by atoms with E-state index in [1.165, 1.54) is 24.3 Å². The molecule has 0 bridgehead atoms. The maximum Gasteiger partial charge on any atom is 0.387 e. The molecule has 0 radical (unpaired) electrons. The zero-order valence-corrected chi connectivity index (χ0v) is 8.69. The molecule has 88 valence electrons. The van der Waals surface area contributed by atoms with Gasteiger partial charge in [-0.1, -0.05) is 0 Å². The second-order valence-electron chi connectivity index (χ2n) is 3.32. The van der Waals surface area contributed by atoms with Gasteiger partial charge in [-0.3, -0.25) is 4.79 Å². The predicted octanol–water partition coefficient (Wildman–Crippen LogP) is 2.85. The summed E-state index contributed by atoms with van der Waals surface area (Å²) in [5.41, 5.74) is 0.863. The van der Waals surface area contributed by atoms with Crippen LogP contribution in [0, 0.1) is 0 Å². The Balaban J connectivity index is 2.15.